The number of tetrazole rings is 1. The van der Waals surface area contributed by atoms with Gasteiger partial charge in [0.15, 0.2) is 0 Å². The Morgan fingerprint density at radius 1 is 1.65 bits per heavy atom. The van der Waals surface area contributed by atoms with Crippen molar-refractivity contribution >= 4 is 17.3 Å². The van der Waals surface area contributed by atoms with Gasteiger partial charge in [0.05, 0.1) is 11.4 Å². The molecule has 1 unspecified atom stereocenters. The summed E-state index contributed by atoms with van der Waals surface area (Å²) in [7, 11) is 0. The number of rotatable bonds is 5. The van der Waals surface area contributed by atoms with E-state index < -0.39 is 11.9 Å². The van der Waals surface area contributed by atoms with Crippen molar-refractivity contribution < 1.29 is 9.90 Å². The second kappa shape index (κ2) is 5.00. The molecule has 7 nitrogen and oxygen atoms in total. The van der Waals surface area contributed by atoms with Gasteiger partial charge in [-0.05, 0) is 16.8 Å². The van der Waals surface area contributed by atoms with Crippen LogP contribution in [0, 0.1) is 5.92 Å². The summed E-state index contributed by atoms with van der Waals surface area (Å²) in [5, 5.41) is 21.9. The van der Waals surface area contributed by atoms with Crippen LogP contribution in [-0.2, 0) is 11.3 Å². The summed E-state index contributed by atoms with van der Waals surface area (Å²) in [6, 6.07) is 0. The highest BCUT2D eigenvalue weighted by molar-refractivity contribution is 7.07. The van der Waals surface area contributed by atoms with E-state index in [1.807, 2.05) is 5.38 Å². The molecule has 0 radical (unpaired) electrons. The largest absolute Gasteiger partial charge is 0.481 e. The number of thiazole rings is 1. The van der Waals surface area contributed by atoms with E-state index in [4.69, 9.17) is 5.11 Å². The van der Waals surface area contributed by atoms with Crippen molar-refractivity contribution in [1.29, 1.82) is 0 Å². The van der Waals surface area contributed by atoms with E-state index in [2.05, 4.69) is 20.5 Å². The number of carboxylic acids is 1. The maximum absolute atomic E-state index is 10.7. The first kappa shape index (κ1) is 11.6. The molecular formula is C9H11N5O2S. The van der Waals surface area contributed by atoms with Crippen molar-refractivity contribution in [2.75, 3.05) is 0 Å². The highest BCUT2D eigenvalue weighted by atomic mass is 32.1. The Morgan fingerprint density at radius 2 is 2.47 bits per heavy atom. The summed E-state index contributed by atoms with van der Waals surface area (Å²) < 4.78 is 1.58. The Labute approximate surface area is 101 Å². The highest BCUT2D eigenvalue weighted by Crippen LogP contribution is 2.16. The van der Waals surface area contributed by atoms with Crippen molar-refractivity contribution in [3.8, 4) is 11.5 Å². The monoisotopic (exact) mass is 253 g/mol. The van der Waals surface area contributed by atoms with Gasteiger partial charge in [0.25, 0.3) is 0 Å². The van der Waals surface area contributed by atoms with E-state index in [0.717, 1.165) is 0 Å². The molecule has 2 rings (SSSR count). The lowest BCUT2D eigenvalue weighted by Crippen LogP contribution is -2.14. The Hall–Kier alpha value is -1.83. The fraction of sp³-hybridized carbons (Fsp3) is 0.444. The maximum atomic E-state index is 10.7. The number of carboxylic acid groups (broad SMARTS) is 1. The molecular weight excluding hydrogens is 242 g/mol. The molecule has 2 heterocycles. The van der Waals surface area contributed by atoms with Crippen LogP contribution in [0.2, 0.25) is 0 Å². The van der Waals surface area contributed by atoms with Crippen molar-refractivity contribution in [2.24, 2.45) is 5.92 Å². The van der Waals surface area contributed by atoms with Gasteiger partial charge >= 0.3 is 5.97 Å². The molecule has 17 heavy (non-hydrogen) atoms. The van der Waals surface area contributed by atoms with Gasteiger partial charge in [-0.15, -0.1) is 16.4 Å². The van der Waals surface area contributed by atoms with Gasteiger partial charge < -0.3 is 5.11 Å². The first-order chi connectivity index (χ1) is 8.18. The van der Waals surface area contributed by atoms with Crippen molar-refractivity contribution in [3.63, 3.8) is 0 Å². The van der Waals surface area contributed by atoms with Crippen molar-refractivity contribution in [3.05, 3.63) is 10.9 Å². The van der Waals surface area contributed by atoms with Crippen LogP contribution >= 0.6 is 11.3 Å². The fourth-order valence-corrected chi connectivity index (χ4v) is 1.83. The minimum atomic E-state index is -0.812. The minimum Gasteiger partial charge on any atom is -0.481 e. The Balaban J connectivity index is 2.08. The zero-order chi connectivity index (χ0) is 12.3. The molecule has 0 aliphatic carbocycles. The third-order valence-corrected chi connectivity index (χ3v) is 2.98. The average molecular weight is 253 g/mol. The lowest BCUT2D eigenvalue weighted by molar-refractivity contribution is -0.141. The summed E-state index contributed by atoms with van der Waals surface area (Å²) in [6.45, 7) is 2.13. The van der Waals surface area contributed by atoms with Gasteiger partial charge in [-0.1, -0.05) is 6.92 Å². The van der Waals surface area contributed by atoms with E-state index in [-0.39, 0.29) is 0 Å². The molecule has 0 saturated carbocycles. The van der Waals surface area contributed by atoms with Gasteiger partial charge in [0.2, 0.25) is 5.82 Å². The lowest BCUT2D eigenvalue weighted by Gasteiger charge is -2.06. The molecule has 2 aromatic heterocycles. The third kappa shape index (κ3) is 2.64. The molecule has 1 N–H and O–H groups in total. The Bertz CT molecular complexity index is 495. The van der Waals surface area contributed by atoms with Crippen LogP contribution in [0.1, 0.15) is 13.3 Å². The summed E-state index contributed by atoms with van der Waals surface area (Å²) in [5.74, 6) is -0.653. The van der Waals surface area contributed by atoms with E-state index in [9.17, 15) is 4.79 Å². The molecule has 2 aromatic rings. The lowest BCUT2D eigenvalue weighted by atomic mass is 10.1. The number of carbonyl (C=O) groups is 1. The standard InChI is InChI=1S/C9H11N5O2S/c1-6(9(15)16)2-3-14-8(11-12-13-14)7-4-17-5-10-7/h4-6H,2-3H2,1H3,(H,15,16). The van der Waals surface area contributed by atoms with Crippen molar-refractivity contribution in [1.82, 2.24) is 25.2 Å². The minimum absolute atomic E-state index is 0.414. The number of hydrogen-bond acceptors (Lipinski definition) is 6. The molecule has 0 aromatic carbocycles. The Morgan fingerprint density at radius 3 is 3.12 bits per heavy atom. The van der Waals surface area contributed by atoms with E-state index in [1.54, 1.807) is 17.1 Å². The Kier molecular flexibility index (Phi) is 3.43. The predicted molar refractivity (Wildman–Crippen MR) is 60.3 cm³/mol. The van der Waals surface area contributed by atoms with Crippen LogP contribution in [0.25, 0.3) is 11.5 Å². The first-order valence-corrected chi connectivity index (χ1v) is 6.00. The third-order valence-electron chi connectivity index (χ3n) is 2.39. The van der Waals surface area contributed by atoms with Gasteiger partial charge in [0.1, 0.15) is 5.69 Å². The van der Waals surface area contributed by atoms with Gasteiger partial charge in [-0.3, -0.25) is 4.79 Å². The molecule has 1 atom stereocenters. The summed E-state index contributed by atoms with van der Waals surface area (Å²) >= 11 is 1.46. The number of nitrogens with zero attached hydrogens (tertiary/aromatic N) is 5. The highest BCUT2D eigenvalue weighted by Gasteiger charge is 2.14. The maximum Gasteiger partial charge on any atom is 0.306 e. The van der Waals surface area contributed by atoms with Gasteiger partial charge in [0, 0.05) is 11.9 Å². The first-order valence-electron chi connectivity index (χ1n) is 5.06. The molecule has 0 aliphatic heterocycles. The zero-order valence-electron chi connectivity index (χ0n) is 9.15. The van der Waals surface area contributed by atoms with Crippen LogP contribution in [0.4, 0.5) is 0 Å². The van der Waals surface area contributed by atoms with Crippen LogP contribution < -0.4 is 0 Å². The summed E-state index contributed by atoms with van der Waals surface area (Å²) in [6.07, 6.45) is 0.484. The predicted octanol–water partition coefficient (Wildman–Crippen LogP) is 0.907. The molecule has 90 valence electrons. The number of aryl methyl sites for hydroxylation is 1. The topological polar surface area (TPSA) is 93.8 Å². The van der Waals surface area contributed by atoms with Gasteiger partial charge in [-0.2, -0.15) is 0 Å². The average Bonchev–Trinajstić information content (AvgIpc) is 2.95. The second-order valence-corrected chi connectivity index (χ2v) is 4.35. The fourth-order valence-electron chi connectivity index (χ4n) is 1.30. The summed E-state index contributed by atoms with van der Waals surface area (Å²) in [4.78, 5) is 14.8. The quantitative estimate of drug-likeness (QED) is 0.851. The van der Waals surface area contributed by atoms with Crippen LogP contribution in [0.15, 0.2) is 10.9 Å². The normalized spacial score (nSPS) is 12.5. The molecule has 0 bridgehead atoms. The zero-order valence-corrected chi connectivity index (χ0v) is 9.96. The van der Waals surface area contributed by atoms with Crippen LogP contribution in [-0.4, -0.2) is 36.3 Å². The molecule has 8 heteroatoms. The van der Waals surface area contributed by atoms with Gasteiger partial charge in [-0.25, -0.2) is 9.67 Å². The molecule has 0 saturated heterocycles. The number of hydrogen-bond donors (Lipinski definition) is 1. The smallest absolute Gasteiger partial charge is 0.306 e. The number of aromatic nitrogens is 5. The molecule has 0 spiro atoms. The van der Waals surface area contributed by atoms with Crippen LogP contribution in [0.5, 0.6) is 0 Å². The SMILES string of the molecule is CC(CCn1nnnc1-c1cscn1)C(=O)O. The van der Waals surface area contributed by atoms with E-state index in [1.165, 1.54) is 11.3 Å². The van der Waals surface area contributed by atoms with Crippen molar-refractivity contribution in [2.45, 2.75) is 19.9 Å². The molecule has 0 aliphatic rings. The number of aliphatic carboxylic acids is 1. The second-order valence-electron chi connectivity index (χ2n) is 3.63. The molecule has 0 fully saturated rings. The summed E-state index contributed by atoms with van der Waals surface area (Å²) in [5.41, 5.74) is 2.41. The van der Waals surface area contributed by atoms with E-state index >= 15 is 0 Å². The van der Waals surface area contributed by atoms with E-state index in [0.29, 0.717) is 24.5 Å². The molecule has 0 amide bonds. The van der Waals surface area contributed by atoms with Crippen LogP contribution in [0.3, 0.4) is 0 Å².